The van der Waals surface area contributed by atoms with Crippen LogP contribution in [0, 0.1) is 0 Å². The molecule has 0 aliphatic rings. The van der Waals surface area contributed by atoms with Gasteiger partial charge in [-0.1, -0.05) is 12.1 Å². The molecule has 1 rings (SSSR count). The van der Waals surface area contributed by atoms with E-state index in [0.717, 1.165) is 19.4 Å². The summed E-state index contributed by atoms with van der Waals surface area (Å²) in [6, 6.07) is 3.77. The molecule has 0 saturated carbocycles. The second kappa shape index (κ2) is 5.51. The van der Waals surface area contributed by atoms with Crippen molar-refractivity contribution in [1.82, 2.24) is 4.31 Å². The molecule has 20 heavy (non-hydrogen) atoms. The molecule has 0 aromatic heterocycles. The van der Waals surface area contributed by atoms with Gasteiger partial charge in [0.1, 0.15) is 10.9 Å². The third-order valence-electron chi connectivity index (χ3n) is 2.81. The smallest absolute Gasteiger partial charge is 0.321 e. The number of carbonyl (C=O) groups is 1. The minimum absolute atomic E-state index is 0.357. The summed E-state index contributed by atoms with van der Waals surface area (Å²) in [5.74, 6) is -1.33. The van der Waals surface area contributed by atoms with E-state index in [1.54, 1.807) is 0 Å². The van der Waals surface area contributed by atoms with E-state index in [1.807, 2.05) is 0 Å². The molecule has 0 saturated heterocycles. The van der Waals surface area contributed by atoms with Crippen LogP contribution >= 0.6 is 0 Å². The monoisotopic (exact) mass is 321 g/mol. The summed E-state index contributed by atoms with van der Waals surface area (Å²) in [4.78, 5) is 10.1. The molecule has 9 heteroatoms. The molecule has 0 fully saturated rings. The molecule has 0 unspecified atom stereocenters. The van der Waals surface area contributed by atoms with Crippen molar-refractivity contribution in [2.24, 2.45) is 0 Å². The lowest BCUT2D eigenvalue weighted by Crippen LogP contribution is -2.40. The van der Waals surface area contributed by atoms with E-state index in [1.165, 1.54) is 25.1 Å². The van der Waals surface area contributed by atoms with Crippen LogP contribution in [-0.2, 0) is 24.7 Å². The normalized spacial score (nSPS) is 14.2. The molecule has 1 N–H and O–H groups in total. The van der Waals surface area contributed by atoms with E-state index in [2.05, 4.69) is 0 Å². The lowest BCUT2D eigenvalue weighted by Gasteiger charge is -2.22. The number of benzene rings is 1. The van der Waals surface area contributed by atoms with E-state index in [-0.39, 0.29) is 4.90 Å². The molecular weight excluding hydrogens is 306 g/mol. The molecule has 1 aromatic rings. The number of sulfonamides is 1. The molecule has 0 spiro atoms. The van der Waals surface area contributed by atoms with Crippen molar-refractivity contribution >= 4 is 25.8 Å². The molecule has 0 radical (unpaired) electrons. The van der Waals surface area contributed by atoms with E-state index < -0.39 is 36.8 Å². The molecule has 7 nitrogen and oxygen atoms in total. The summed E-state index contributed by atoms with van der Waals surface area (Å²) in [5, 5.41) is 8.87. The van der Waals surface area contributed by atoms with Gasteiger partial charge >= 0.3 is 5.97 Å². The quantitative estimate of drug-likeness (QED) is 0.829. The fourth-order valence-electron chi connectivity index (χ4n) is 1.49. The van der Waals surface area contributed by atoms with Gasteiger partial charge in [0.2, 0.25) is 10.0 Å². The number of nitrogens with zero attached hydrogens (tertiary/aromatic N) is 1. The second-order valence-corrected chi connectivity index (χ2v) is 8.20. The maximum Gasteiger partial charge on any atom is 0.321 e. The first-order valence-corrected chi connectivity index (χ1v) is 8.82. The Hall–Kier alpha value is -1.45. The molecule has 1 atom stereocenters. The first-order valence-electron chi connectivity index (χ1n) is 5.49. The first-order chi connectivity index (χ1) is 8.99. The van der Waals surface area contributed by atoms with E-state index in [0.29, 0.717) is 4.31 Å². The molecule has 0 aliphatic carbocycles. The highest BCUT2D eigenvalue weighted by Crippen LogP contribution is 2.24. The van der Waals surface area contributed by atoms with Crippen molar-refractivity contribution in [3.8, 4) is 0 Å². The van der Waals surface area contributed by atoms with E-state index in [9.17, 15) is 21.6 Å². The summed E-state index contributed by atoms with van der Waals surface area (Å²) in [6.45, 7) is 1.20. The van der Waals surface area contributed by atoms with Crippen LogP contribution in [0.5, 0.6) is 0 Å². The zero-order valence-corrected chi connectivity index (χ0v) is 12.8. The highest BCUT2D eigenvalue weighted by atomic mass is 32.2. The molecule has 0 heterocycles. The average Bonchev–Trinajstić information content (AvgIpc) is 2.35. The van der Waals surface area contributed by atoms with Crippen LogP contribution in [0.25, 0.3) is 0 Å². The van der Waals surface area contributed by atoms with Gasteiger partial charge in [0.25, 0.3) is 0 Å². The number of hydrogen-bond acceptors (Lipinski definition) is 5. The molecule has 0 amide bonds. The topological polar surface area (TPSA) is 109 Å². The van der Waals surface area contributed by atoms with Gasteiger partial charge in [0, 0.05) is 13.3 Å². The zero-order valence-electron chi connectivity index (χ0n) is 11.1. The molecule has 0 bridgehead atoms. The van der Waals surface area contributed by atoms with Gasteiger partial charge in [-0.3, -0.25) is 4.79 Å². The molecule has 112 valence electrons. The number of hydrogen-bond donors (Lipinski definition) is 1. The van der Waals surface area contributed by atoms with Crippen molar-refractivity contribution in [1.29, 1.82) is 0 Å². The number of aliphatic carboxylic acids is 1. The van der Waals surface area contributed by atoms with Gasteiger partial charge < -0.3 is 5.11 Å². The van der Waals surface area contributed by atoms with Crippen LogP contribution in [0.1, 0.15) is 6.92 Å². The Morgan fingerprint density at radius 3 is 2.00 bits per heavy atom. The average molecular weight is 321 g/mol. The number of carboxylic acids is 1. The van der Waals surface area contributed by atoms with Crippen LogP contribution in [0.2, 0.25) is 0 Å². The van der Waals surface area contributed by atoms with Gasteiger partial charge in [-0.05, 0) is 19.1 Å². The van der Waals surface area contributed by atoms with Gasteiger partial charge in [-0.2, -0.15) is 4.31 Å². The van der Waals surface area contributed by atoms with Crippen molar-refractivity contribution < 1.29 is 26.7 Å². The summed E-state index contributed by atoms with van der Waals surface area (Å²) in [6.07, 6.45) is 0.891. The lowest BCUT2D eigenvalue weighted by atomic mass is 10.4. The fourth-order valence-corrected chi connectivity index (χ4v) is 4.41. The van der Waals surface area contributed by atoms with Crippen LogP contribution < -0.4 is 0 Å². The maximum absolute atomic E-state index is 12.3. The number of rotatable bonds is 5. The fraction of sp³-hybridized carbons (Fsp3) is 0.364. The Balaban J connectivity index is 3.49. The lowest BCUT2D eigenvalue weighted by molar-refractivity contribution is -0.140. The molecule has 0 aliphatic heterocycles. The number of carboxylic acid groups (broad SMARTS) is 1. The van der Waals surface area contributed by atoms with Crippen molar-refractivity contribution in [2.75, 3.05) is 13.3 Å². The Kier molecular flexibility index (Phi) is 4.57. The zero-order chi connectivity index (χ0) is 15.7. The Bertz CT molecular complexity index is 723. The van der Waals surface area contributed by atoms with Gasteiger partial charge in [0.15, 0.2) is 9.84 Å². The predicted molar refractivity (Wildman–Crippen MR) is 71.6 cm³/mol. The summed E-state index contributed by atoms with van der Waals surface area (Å²) in [7, 11) is -6.88. The van der Waals surface area contributed by atoms with E-state index >= 15 is 0 Å². The third kappa shape index (κ3) is 3.17. The van der Waals surface area contributed by atoms with Crippen molar-refractivity contribution in [3.63, 3.8) is 0 Å². The standard InChI is InChI=1S/C11H15NO6S2/c1-8(11(13)14)12(2)20(17,18)10-7-5-4-6-9(10)19(3,15)16/h4-8H,1-3H3,(H,13,14)/t8-/m0/s1. The largest absolute Gasteiger partial charge is 0.480 e. The van der Waals surface area contributed by atoms with Gasteiger partial charge in [-0.25, -0.2) is 16.8 Å². The summed E-state index contributed by atoms with van der Waals surface area (Å²) < 4.78 is 48.6. The predicted octanol–water partition coefficient (Wildman–Crippen LogP) is 0.184. The molecule has 1 aromatic carbocycles. The summed E-state index contributed by atoms with van der Waals surface area (Å²) in [5.41, 5.74) is 0. The van der Waals surface area contributed by atoms with E-state index in [4.69, 9.17) is 5.11 Å². The first kappa shape index (κ1) is 16.6. The van der Waals surface area contributed by atoms with Crippen LogP contribution in [-0.4, -0.2) is 51.6 Å². The highest BCUT2D eigenvalue weighted by Gasteiger charge is 2.32. The van der Waals surface area contributed by atoms with Crippen LogP contribution in [0.3, 0.4) is 0 Å². The minimum atomic E-state index is -4.22. The van der Waals surface area contributed by atoms with Crippen LogP contribution in [0.15, 0.2) is 34.1 Å². The Labute approximate surface area is 117 Å². The van der Waals surface area contributed by atoms with Crippen molar-refractivity contribution in [3.05, 3.63) is 24.3 Å². The summed E-state index contributed by atoms with van der Waals surface area (Å²) >= 11 is 0. The number of likely N-dealkylation sites (N-methyl/N-ethyl adjacent to an activating group) is 1. The second-order valence-electron chi connectivity index (χ2n) is 4.25. The van der Waals surface area contributed by atoms with Crippen LogP contribution in [0.4, 0.5) is 0 Å². The van der Waals surface area contributed by atoms with Gasteiger partial charge in [0.05, 0.1) is 4.90 Å². The third-order valence-corrected chi connectivity index (χ3v) is 6.08. The van der Waals surface area contributed by atoms with Gasteiger partial charge in [-0.15, -0.1) is 0 Å². The highest BCUT2D eigenvalue weighted by molar-refractivity contribution is 7.93. The van der Waals surface area contributed by atoms with Crippen molar-refractivity contribution in [2.45, 2.75) is 22.8 Å². The SMILES string of the molecule is C[C@@H](C(=O)O)N(C)S(=O)(=O)c1ccccc1S(C)(=O)=O. The Morgan fingerprint density at radius 1 is 1.15 bits per heavy atom. The Morgan fingerprint density at radius 2 is 1.60 bits per heavy atom. The maximum atomic E-state index is 12.3. The minimum Gasteiger partial charge on any atom is -0.480 e. The molecular formula is C11H15NO6S2. The number of sulfone groups is 1.